The maximum Gasteiger partial charge on any atom is 0.308 e. The second-order valence-corrected chi connectivity index (χ2v) is 6.01. The van der Waals surface area contributed by atoms with Gasteiger partial charge in [-0.25, -0.2) is 8.78 Å². The number of carbonyl (C=O) groups is 1. The Morgan fingerprint density at radius 1 is 1.40 bits per heavy atom. The summed E-state index contributed by atoms with van der Waals surface area (Å²) in [6, 6.07) is 3.40. The van der Waals surface area contributed by atoms with Crippen LogP contribution in [0.3, 0.4) is 0 Å². The summed E-state index contributed by atoms with van der Waals surface area (Å²) in [6.45, 7) is 1.36. The number of rotatable bonds is 3. The second-order valence-electron chi connectivity index (χ2n) is 6.01. The minimum absolute atomic E-state index is 0.143. The van der Waals surface area contributed by atoms with E-state index in [2.05, 4.69) is 0 Å². The van der Waals surface area contributed by atoms with Crippen molar-refractivity contribution in [2.45, 2.75) is 25.8 Å². The van der Waals surface area contributed by atoms with E-state index in [0.29, 0.717) is 18.7 Å². The topological polar surface area (TPSA) is 40.5 Å². The highest BCUT2D eigenvalue weighted by Gasteiger charge is 2.53. The predicted molar refractivity (Wildman–Crippen MR) is 69.0 cm³/mol. The Bertz CT molecular complexity index is 543. The molecule has 2 fully saturated rings. The molecule has 0 radical (unpaired) electrons. The van der Waals surface area contributed by atoms with Gasteiger partial charge in [0.05, 0.1) is 5.92 Å². The van der Waals surface area contributed by atoms with E-state index < -0.39 is 17.6 Å². The first-order chi connectivity index (χ1) is 9.50. The molecule has 5 heteroatoms. The smallest absolute Gasteiger partial charge is 0.308 e. The number of hydrogen-bond donors (Lipinski definition) is 1. The molecule has 0 amide bonds. The van der Waals surface area contributed by atoms with E-state index in [0.717, 1.165) is 31.4 Å². The van der Waals surface area contributed by atoms with Crippen molar-refractivity contribution in [3.63, 3.8) is 0 Å². The summed E-state index contributed by atoms with van der Waals surface area (Å²) in [5.41, 5.74) is 0.154. The van der Waals surface area contributed by atoms with Crippen LogP contribution in [0, 0.1) is 23.0 Å². The molecule has 3 rings (SSSR count). The summed E-state index contributed by atoms with van der Waals surface area (Å²) >= 11 is 0. The van der Waals surface area contributed by atoms with Crippen LogP contribution in [0.5, 0.6) is 0 Å². The van der Waals surface area contributed by atoms with Crippen LogP contribution >= 0.6 is 0 Å². The highest BCUT2D eigenvalue weighted by Crippen LogP contribution is 2.51. The number of carboxylic acids is 1. The van der Waals surface area contributed by atoms with Crippen molar-refractivity contribution < 1.29 is 18.7 Å². The third-order valence-corrected chi connectivity index (χ3v) is 4.77. The average Bonchev–Trinajstić information content (AvgIpc) is 2.73. The van der Waals surface area contributed by atoms with Crippen molar-refractivity contribution in [3.8, 4) is 0 Å². The van der Waals surface area contributed by atoms with Gasteiger partial charge in [-0.3, -0.25) is 9.69 Å². The summed E-state index contributed by atoms with van der Waals surface area (Å²) < 4.78 is 26.8. The largest absolute Gasteiger partial charge is 0.481 e. The first-order valence-electron chi connectivity index (χ1n) is 6.89. The van der Waals surface area contributed by atoms with Gasteiger partial charge in [0.2, 0.25) is 0 Å². The Labute approximate surface area is 116 Å². The van der Waals surface area contributed by atoms with Gasteiger partial charge in [-0.05, 0) is 36.5 Å². The molecule has 0 unspecified atom stereocenters. The van der Waals surface area contributed by atoms with Gasteiger partial charge in [0.15, 0.2) is 0 Å². The molecule has 1 atom stereocenters. The molecule has 0 aromatic heterocycles. The second kappa shape index (κ2) is 4.81. The van der Waals surface area contributed by atoms with Crippen LogP contribution in [0.15, 0.2) is 18.2 Å². The van der Waals surface area contributed by atoms with Crippen LogP contribution in [0.1, 0.15) is 24.8 Å². The SMILES string of the molecule is O=C(O)[C@H]1CN(Cc2cc(F)ccc2F)CC12CCC2. The van der Waals surface area contributed by atoms with Crippen molar-refractivity contribution in [3.05, 3.63) is 35.4 Å². The molecule has 3 nitrogen and oxygen atoms in total. The fourth-order valence-corrected chi connectivity index (χ4v) is 3.58. The van der Waals surface area contributed by atoms with Crippen LogP contribution in [0.2, 0.25) is 0 Å². The van der Waals surface area contributed by atoms with Gasteiger partial charge in [-0.2, -0.15) is 0 Å². The minimum Gasteiger partial charge on any atom is -0.481 e. The highest BCUT2D eigenvalue weighted by atomic mass is 19.1. The maximum atomic E-state index is 13.7. The molecule has 108 valence electrons. The van der Waals surface area contributed by atoms with E-state index in [1.54, 1.807) is 0 Å². The molecule has 1 aromatic carbocycles. The average molecular weight is 281 g/mol. The van der Waals surface area contributed by atoms with Gasteiger partial charge in [0, 0.05) is 25.2 Å². The summed E-state index contributed by atoms with van der Waals surface area (Å²) in [7, 11) is 0. The van der Waals surface area contributed by atoms with Gasteiger partial charge < -0.3 is 5.11 Å². The summed E-state index contributed by atoms with van der Waals surface area (Å²) in [6.07, 6.45) is 2.91. The number of hydrogen-bond acceptors (Lipinski definition) is 2. The maximum absolute atomic E-state index is 13.7. The van der Waals surface area contributed by atoms with Crippen LogP contribution < -0.4 is 0 Å². The Morgan fingerprint density at radius 3 is 2.70 bits per heavy atom. The Morgan fingerprint density at radius 2 is 2.15 bits per heavy atom. The molecular weight excluding hydrogens is 264 g/mol. The first kappa shape index (κ1) is 13.5. The molecule has 1 aliphatic carbocycles. The summed E-state index contributed by atoms with van der Waals surface area (Å²) in [5.74, 6) is -2.05. The Hall–Kier alpha value is -1.49. The standard InChI is InChI=1S/C15H17F2NO2/c16-11-2-3-13(17)10(6-11)7-18-8-12(14(19)20)15(9-18)4-1-5-15/h2-3,6,12H,1,4-5,7-9H2,(H,19,20)/t12-/m1/s1. The lowest BCUT2D eigenvalue weighted by atomic mass is 9.63. The monoisotopic (exact) mass is 281 g/mol. The van der Waals surface area contributed by atoms with Crippen LogP contribution in [0.25, 0.3) is 0 Å². The fraction of sp³-hybridized carbons (Fsp3) is 0.533. The zero-order valence-electron chi connectivity index (χ0n) is 11.1. The van der Waals surface area contributed by atoms with Gasteiger partial charge in [-0.15, -0.1) is 0 Å². The molecule has 1 saturated carbocycles. The van der Waals surface area contributed by atoms with Crippen LogP contribution in [0.4, 0.5) is 8.78 Å². The molecule has 2 aliphatic rings. The lowest BCUT2D eigenvalue weighted by molar-refractivity contribution is -0.146. The van der Waals surface area contributed by atoms with Crippen molar-refractivity contribution >= 4 is 5.97 Å². The van der Waals surface area contributed by atoms with Crippen LogP contribution in [-0.2, 0) is 11.3 Å². The summed E-state index contributed by atoms with van der Waals surface area (Å²) in [5, 5.41) is 9.34. The van der Waals surface area contributed by atoms with Crippen LogP contribution in [-0.4, -0.2) is 29.1 Å². The van der Waals surface area contributed by atoms with Crippen molar-refractivity contribution in [1.82, 2.24) is 4.90 Å². The number of nitrogens with zero attached hydrogens (tertiary/aromatic N) is 1. The number of aliphatic carboxylic acids is 1. The molecule has 20 heavy (non-hydrogen) atoms. The van der Waals surface area contributed by atoms with E-state index >= 15 is 0 Å². The quantitative estimate of drug-likeness (QED) is 0.926. The lowest BCUT2D eigenvalue weighted by Gasteiger charge is -2.41. The lowest BCUT2D eigenvalue weighted by Crippen LogP contribution is -2.40. The number of carboxylic acid groups (broad SMARTS) is 1. The Kier molecular flexibility index (Phi) is 3.24. The molecule has 1 spiro atoms. The van der Waals surface area contributed by atoms with E-state index in [-0.39, 0.29) is 17.9 Å². The predicted octanol–water partition coefficient (Wildman–Crippen LogP) is 2.65. The molecule has 1 saturated heterocycles. The number of halogens is 2. The number of benzene rings is 1. The molecular formula is C15H17F2NO2. The number of likely N-dealkylation sites (tertiary alicyclic amines) is 1. The third-order valence-electron chi connectivity index (χ3n) is 4.77. The normalized spacial score (nSPS) is 24.8. The molecule has 1 N–H and O–H groups in total. The van der Waals surface area contributed by atoms with Gasteiger partial charge in [0.1, 0.15) is 11.6 Å². The molecule has 1 heterocycles. The zero-order valence-corrected chi connectivity index (χ0v) is 11.1. The van der Waals surface area contributed by atoms with E-state index in [4.69, 9.17) is 0 Å². The van der Waals surface area contributed by atoms with Crippen molar-refractivity contribution in [2.24, 2.45) is 11.3 Å². The summed E-state index contributed by atoms with van der Waals surface area (Å²) in [4.78, 5) is 13.3. The van der Waals surface area contributed by atoms with Crippen molar-refractivity contribution in [2.75, 3.05) is 13.1 Å². The Balaban J connectivity index is 1.76. The first-order valence-corrected chi connectivity index (χ1v) is 6.89. The highest BCUT2D eigenvalue weighted by molar-refractivity contribution is 5.72. The van der Waals surface area contributed by atoms with Crippen molar-refractivity contribution in [1.29, 1.82) is 0 Å². The molecule has 0 bridgehead atoms. The minimum atomic E-state index is -0.771. The van der Waals surface area contributed by atoms with Gasteiger partial charge >= 0.3 is 5.97 Å². The van der Waals surface area contributed by atoms with Gasteiger partial charge in [0.25, 0.3) is 0 Å². The zero-order chi connectivity index (χ0) is 14.3. The third kappa shape index (κ3) is 2.20. The fourth-order valence-electron chi connectivity index (χ4n) is 3.58. The van der Waals surface area contributed by atoms with E-state index in [1.807, 2.05) is 4.90 Å². The van der Waals surface area contributed by atoms with E-state index in [9.17, 15) is 18.7 Å². The van der Waals surface area contributed by atoms with E-state index in [1.165, 1.54) is 6.07 Å². The van der Waals surface area contributed by atoms with Gasteiger partial charge in [-0.1, -0.05) is 6.42 Å². The molecule has 1 aliphatic heterocycles. The molecule has 1 aromatic rings.